The van der Waals surface area contributed by atoms with Crippen LogP contribution in [-0.2, 0) is 4.52 Å². The van der Waals surface area contributed by atoms with Gasteiger partial charge in [0.1, 0.15) is 0 Å². The van der Waals surface area contributed by atoms with Crippen molar-refractivity contribution >= 4 is 8.15 Å². The molecule has 0 aromatic rings. The first kappa shape index (κ1) is 14.4. The van der Waals surface area contributed by atoms with Gasteiger partial charge in [0.05, 0.1) is 6.61 Å². The highest BCUT2D eigenvalue weighted by atomic mass is 31.1. The minimum absolute atomic E-state index is 0.195. The molecular weight excluding hydrogens is 191 g/mol. The summed E-state index contributed by atoms with van der Waals surface area (Å²) in [5, 5.41) is 0. The summed E-state index contributed by atoms with van der Waals surface area (Å²) in [5.74, 6) is 0. The third-order valence-corrected chi connectivity index (χ3v) is 5.74. The minimum atomic E-state index is -0.195. The van der Waals surface area contributed by atoms with Crippen molar-refractivity contribution in [2.24, 2.45) is 0 Å². The predicted molar refractivity (Wildman–Crippen MR) is 67.3 cm³/mol. The number of rotatable bonds is 8. The second kappa shape index (κ2) is 8.68. The van der Waals surface area contributed by atoms with Crippen LogP contribution in [0.3, 0.4) is 0 Å². The van der Waals surface area contributed by atoms with Crippen LogP contribution in [0, 0.1) is 0 Å². The summed E-state index contributed by atoms with van der Waals surface area (Å²) in [7, 11) is -0.195. The molecule has 0 aliphatic rings. The molecule has 0 aromatic heterocycles. The zero-order valence-corrected chi connectivity index (χ0v) is 11.4. The van der Waals surface area contributed by atoms with Gasteiger partial charge in [0.15, 0.2) is 0 Å². The van der Waals surface area contributed by atoms with E-state index >= 15 is 0 Å². The number of hydrogen-bond donors (Lipinski definition) is 0. The van der Waals surface area contributed by atoms with E-state index in [1.54, 1.807) is 0 Å². The van der Waals surface area contributed by atoms with E-state index in [9.17, 15) is 0 Å². The topological polar surface area (TPSA) is 9.23 Å². The fourth-order valence-corrected chi connectivity index (χ4v) is 3.80. The van der Waals surface area contributed by atoms with E-state index in [1.165, 1.54) is 25.7 Å². The first-order chi connectivity index (χ1) is 6.67. The van der Waals surface area contributed by atoms with Crippen LogP contribution in [0.4, 0.5) is 0 Å². The van der Waals surface area contributed by atoms with E-state index in [0.717, 1.165) is 17.9 Å². The van der Waals surface area contributed by atoms with Crippen molar-refractivity contribution in [1.29, 1.82) is 0 Å². The van der Waals surface area contributed by atoms with Gasteiger partial charge < -0.3 is 4.52 Å². The van der Waals surface area contributed by atoms with Crippen LogP contribution < -0.4 is 0 Å². The normalized spacial score (nSPS) is 17.8. The Morgan fingerprint density at radius 3 is 1.86 bits per heavy atom. The maximum absolute atomic E-state index is 6.05. The zero-order valence-electron chi connectivity index (χ0n) is 10.5. The Morgan fingerprint density at radius 1 is 1.00 bits per heavy atom. The smallest absolute Gasteiger partial charge is 0.0509 e. The van der Waals surface area contributed by atoms with Crippen LogP contribution in [0.25, 0.3) is 0 Å². The van der Waals surface area contributed by atoms with Crippen molar-refractivity contribution < 1.29 is 4.52 Å². The molecule has 0 rings (SSSR count). The largest absolute Gasteiger partial charge is 0.359 e. The molecular formula is C12H27OP. The monoisotopic (exact) mass is 218 g/mol. The molecule has 2 unspecified atom stereocenters. The van der Waals surface area contributed by atoms with Gasteiger partial charge in [-0.25, -0.2) is 0 Å². The summed E-state index contributed by atoms with van der Waals surface area (Å²) >= 11 is 0. The van der Waals surface area contributed by atoms with Crippen molar-refractivity contribution in [3.63, 3.8) is 0 Å². The van der Waals surface area contributed by atoms with Gasteiger partial charge in [-0.1, -0.05) is 41.0 Å². The second-order valence-corrected chi connectivity index (χ2v) is 6.80. The van der Waals surface area contributed by atoms with E-state index in [0.29, 0.717) is 0 Å². The van der Waals surface area contributed by atoms with Gasteiger partial charge in [-0.2, -0.15) is 0 Å². The van der Waals surface area contributed by atoms with Crippen molar-refractivity contribution in [2.75, 3.05) is 6.61 Å². The lowest BCUT2D eigenvalue weighted by Crippen LogP contribution is -2.11. The van der Waals surface area contributed by atoms with Crippen LogP contribution in [0.5, 0.6) is 0 Å². The Balaban J connectivity index is 3.97. The van der Waals surface area contributed by atoms with Gasteiger partial charge in [0, 0.05) is 19.5 Å². The lowest BCUT2D eigenvalue weighted by molar-refractivity contribution is 0.332. The first-order valence-corrected chi connectivity index (χ1v) is 7.48. The van der Waals surface area contributed by atoms with E-state index in [2.05, 4.69) is 34.6 Å². The lowest BCUT2D eigenvalue weighted by Gasteiger charge is -2.28. The van der Waals surface area contributed by atoms with Gasteiger partial charge in [0.25, 0.3) is 0 Å². The molecule has 0 saturated carbocycles. The first-order valence-electron chi connectivity index (χ1n) is 6.08. The van der Waals surface area contributed by atoms with Crippen LogP contribution in [0.15, 0.2) is 0 Å². The summed E-state index contributed by atoms with van der Waals surface area (Å²) in [4.78, 5) is 0. The molecule has 0 aliphatic heterocycles. The van der Waals surface area contributed by atoms with Gasteiger partial charge in [-0.15, -0.1) is 0 Å². The van der Waals surface area contributed by atoms with E-state index in [4.69, 9.17) is 4.52 Å². The average molecular weight is 218 g/mol. The van der Waals surface area contributed by atoms with Gasteiger partial charge in [-0.05, 0) is 19.3 Å². The molecule has 0 aromatic carbocycles. The number of hydrogen-bond acceptors (Lipinski definition) is 1. The van der Waals surface area contributed by atoms with Crippen molar-refractivity contribution in [2.45, 2.75) is 71.6 Å². The molecule has 0 bridgehead atoms. The molecule has 0 heterocycles. The van der Waals surface area contributed by atoms with Crippen molar-refractivity contribution in [3.05, 3.63) is 0 Å². The van der Waals surface area contributed by atoms with Crippen molar-refractivity contribution in [1.82, 2.24) is 0 Å². The third-order valence-electron chi connectivity index (χ3n) is 2.79. The van der Waals surface area contributed by atoms with Crippen molar-refractivity contribution in [3.8, 4) is 0 Å². The molecule has 1 nitrogen and oxygen atoms in total. The molecule has 0 spiro atoms. The molecule has 2 atom stereocenters. The highest BCUT2D eigenvalue weighted by Gasteiger charge is 2.21. The molecule has 0 amide bonds. The van der Waals surface area contributed by atoms with E-state index in [-0.39, 0.29) is 8.15 Å². The zero-order chi connectivity index (χ0) is 11.0. The molecule has 2 heteroatoms. The lowest BCUT2D eigenvalue weighted by atomic mass is 10.4. The highest BCUT2D eigenvalue weighted by molar-refractivity contribution is 7.54. The third kappa shape index (κ3) is 5.32. The minimum Gasteiger partial charge on any atom is -0.359 e. The molecule has 0 aliphatic carbocycles. The quantitative estimate of drug-likeness (QED) is 0.420. The molecule has 0 radical (unpaired) electrons. The Kier molecular flexibility index (Phi) is 8.92. The van der Waals surface area contributed by atoms with Crippen LogP contribution >= 0.6 is 8.15 Å². The Bertz CT molecular complexity index is 117. The fraction of sp³-hybridized carbons (Fsp3) is 1.00. The van der Waals surface area contributed by atoms with E-state index in [1.807, 2.05) is 0 Å². The Hall–Kier alpha value is 0.390. The van der Waals surface area contributed by atoms with Gasteiger partial charge >= 0.3 is 0 Å². The number of unbranched alkanes of at least 4 members (excludes halogenated alkanes) is 1. The molecule has 0 fully saturated rings. The maximum Gasteiger partial charge on any atom is 0.0509 e. The van der Waals surface area contributed by atoms with Crippen LogP contribution in [0.2, 0.25) is 0 Å². The van der Waals surface area contributed by atoms with Gasteiger partial charge in [-0.3, -0.25) is 0 Å². The fourth-order valence-electron chi connectivity index (χ4n) is 1.36. The van der Waals surface area contributed by atoms with Gasteiger partial charge in [0.2, 0.25) is 0 Å². The standard InChI is InChI=1S/C12H27OP/c1-6-9-10-13-14(11(4)7-2)12(5)8-3/h11-12H,6-10H2,1-5H3. The SMILES string of the molecule is CCCCOP(C(C)CC)C(C)CC. The maximum atomic E-state index is 6.05. The Labute approximate surface area is 91.5 Å². The predicted octanol–water partition coefficient (Wildman–Crippen LogP) is 4.80. The molecule has 0 saturated heterocycles. The van der Waals surface area contributed by atoms with Crippen LogP contribution in [0.1, 0.15) is 60.3 Å². The summed E-state index contributed by atoms with van der Waals surface area (Å²) in [6, 6.07) is 0. The molecule has 0 N–H and O–H groups in total. The molecule has 14 heavy (non-hydrogen) atoms. The summed E-state index contributed by atoms with van der Waals surface area (Å²) < 4.78 is 6.05. The molecule has 86 valence electrons. The summed E-state index contributed by atoms with van der Waals surface area (Å²) in [6.07, 6.45) is 4.96. The van der Waals surface area contributed by atoms with Crippen LogP contribution in [-0.4, -0.2) is 17.9 Å². The summed E-state index contributed by atoms with van der Waals surface area (Å²) in [5.41, 5.74) is 1.52. The highest BCUT2D eigenvalue weighted by Crippen LogP contribution is 2.49. The van der Waals surface area contributed by atoms with E-state index < -0.39 is 0 Å². The second-order valence-electron chi connectivity index (χ2n) is 4.06. The Morgan fingerprint density at radius 2 is 1.50 bits per heavy atom. The summed E-state index contributed by atoms with van der Waals surface area (Å²) in [6.45, 7) is 12.4. The average Bonchev–Trinajstić information content (AvgIpc) is 2.22.